The molecule has 1 fully saturated rings. The molecule has 0 radical (unpaired) electrons. The number of benzene rings is 2. The maximum absolute atomic E-state index is 13.7. The number of carbonyl (C=O) groups excluding carboxylic acids is 3. The van der Waals surface area contributed by atoms with Crippen molar-refractivity contribution >= 4 is 17.9 Å². The molecule has 1 aliphatic heterocycles. The number of alkyl carbamates (subject to hydrolysis) is 1. The molecule has 3 amide bonds. The lowest BCUT2D eigenvalue weighted by Crippen LogP contribution is -2.60. The SMILES string of the molecule is CC(C)[C@H](NC(=O)OCc1ccccc1)C(=O)N[C@@H](Cc1ccccc1)[C@H](O)CN1CC[C@@H](Oc2ccccn2)C[C@H]1C(=O)NC(C)(C)C. The topological polar surface area (TPSA) is 142 Å². The summed E-state index contributed by atoms with van der Waals surface area (Å²) in [6.07, 6.45) is 1.06. The van der Waals surface area contributed by atoms with Gasteiger partial charge in [0, 0.05) is 37.3 Å². The highest BCUT2D eigenvalue weighted by atomic mass is 16.5. The van der Waals surface area contributed by atoms with E-state index in [1.54, 1.807) is 12.3 Å². The van der Waals surface area contributed by atoms with Crippen molar-refractivity contribution in [1.82, 2.24) is 25.8 Å². The molecule has 0 aliphatic carbocycles. The Hall–Kier alpha value is -4.48. The molecule has 264 valence electrons. The molecule has 4 N–H and O–H groups in total. The number of aliphatic hydroxyl groups is 1. The molecule has 1 aromatic heterocycles. The molecule has 5 atom stereocenters. The summed E-state index contributed by atoms with van der Waals surface area (Å²) in [7, 11) is 0. The van der Waals surface area contributed by atoms with Gasteiger partial charge in [-0.1, -0.05) is 80.6 Å². The number of likely N-dealkylation sites (tertiary alicyclic amines) is 1. The summed E-state index contributed by atoms with van der Waals surface area (Å²) in [5, 5.41) is 20.6. The first-order valence-corrected chi connectivity index (χ1v) is 17.0. The molecular formula is C38H51N5O6. The van der Waals surface area contributed by atoms with Gasteiger partial charge in [-0.05, 0) is 56.7 Å². The van der Waals surface area contributed by atoms with E-state index in [2.05, 4.69) is 20.9 Å². The van der Waals surface area contributed by atoms with Gasteiger partial charge in [-0.3, -0.25) is 14.5 Å². The number of hydrogen-bond donors (Lipinski definition) is 4. The van der Waals surface area contributed by atoms with Crippen LogP contribution in [0.1, 0.15) is 58.6 Å². The molecule has 11 heteroatoms. The van der Waals surface area contributed by atoms with Gasteiger partial charge < -0.3 is 30.5 Å². The number of amides is 3. The highest BCUT2D eigenvalue weighted by Crippen LogP contribution is 2.24. The summed E-state index contributed by atoms with van der Waals surface area (Å²) >= 11 is 0. The summed E-state index contributed by atoms with van der Waals surface area (Å²) in [5.41, 5.74) is 1.30. The number of aliphatic hydroxyl groups excluding tert-OH is 1. The van der Waals surface area contributed by atoms with Crippen molar-refractivity contribution in [3.8, 4) is 5.88 Å². The zero-order valence-electron chi connectivity index (χ0n) is 29.2. The molecule has 1 aliphatic rings. The van der Waals surface area contributed by atoms with Crippen LogP contribution in [0, 0.1) is 5.92 Å². The van der Waals surface area contributed by atoms with Crippen LogP contribution in [0.15, 0.2) is 85.1 Å². The average molecular weight is 674 g/mol. The van der Waals surface area contributed by atoms with Crippen LogP contribution in [-0.4, -0.2) is 81.9 Å². The number of pyridine rings is 1. The fraction of sp³-hybridized carbons (Fsp3) is 0.474. The van der Waals surface area contributed by atoms with Crippen LogP contribution in [0.4, 0.5) is 4.79 Å². The standard InChI is InChI=1S/C38H51N5O6/c1-26(2)34(41-37(47)48-25-28-16-10-7-11-17-28)36(46)40-30(22-27-14-8-6-9-15-27)32(44)24-43-21-19-29(49-33-18-12-13-20-39-33)23-31(43)35(45)42-38(3,4)5/h6-18,20,26,29-32,34,44H,19,21-25H2,1-5H3,(H,40,46)(H,41,47)(H,42,45)/t29-,30+,31+,32-,34+/m1/s1. The van der Waals surface area contributed by atoms with Gasteiger partial charge in [-0.2, -0.15) is 0 Å². The summed E-state index contributed by atoms with van der Waals surface area (Å²) in [6, 6.07) is 22.1. The van der Waals surface area contributed by atoms with Gasteiger partial charge in [0.15, 0.2) is 0 Å². The van der Waals surface area contributed by atoms with Crippen molar-refractivity contribution < 1.29 is 29.0 Å². The smallest absolute Gasteiger partial charge is 0.408 e. The Labute approximate surface area is 289 Å². The van der Waals surface area contributed by atoms with Crippen LogP contribution in [0.25, 0.3) is 0 Å². The van der Waals surface area contributed by atoms with Gasteiger partial charge in [0.05, 0.1) is 18.2 Å². The first kappa shape index (κ1) is 37.3. The van der Waals surface area contributed by atoms with Gasteiger partial charge in [0.1, 0.15) is 18.8 Å². The number of β-amino-alcohol motifs (C(OH)–C–C–N with tert-alkyl or cyclic N) is 1. The minimum absolute atomic E-state index is 0.0714. The largest absolute Gasteiger partial charge is 0.474 e. The molecule has 2 aromatic carbocycles. The van der Waals surface area contributed by atoms with E-state index in [0.717, 1.165) is 11.1 Å². The van der Waals surface area contributed by atoms with Gasteiger partial charge in [-0.15, -0.1) is 0 Å². The lowest BCUT2D eigenvalue weighted by molar-refractivity contribution is -0.132. The minimum atomic E-state index is -1.04. The molecule has 49 heavy (non-hydrogen) atoms. The van der Waals surface area contributed by atoms with Gasteiger partial charge >= 0.3 is 6.09 Å². The Morgan fingerprint density at radius 1 is 0.939 bits per heavy atom. The Morgan fingerprint density at radius 3 is 2.20 bits per heavy atom. The van der Waals surface area contributed by atoms with Crippen molar-refractivity contribution in [3.05, 3.63) is 96.2 Å². The lowest BCUT2D eigenvalue weighted by atomic mass is 9.94. The van der Waals surface area contributed by atoms with Crippen LogP contribution in [0.5, 0.6) is 5.88 Å². The molecule has 11 nitrogen and oxygen atoms in total. The fourth-order valence-corrected chi connectivity index (χ4v) is 5.84. The third kappa shape index (κ3) is 12.2. The predicted octanol–water partition coefficient (Wildman–Crippen LogP) is 4.25. The van der Waals surface area contributed by atoms with Crippen molar-refractivity contribution in [1.29, 1.82) is 0 Å². The lowest BCUT2D eigenvalue weighted by Gasteiger charge is -2.41. The normalized spacial score (nSPS) is 18.5. The van der Waals surface area contributed by atoms with Crippen LogP contribution < -0.4 is 20.7 Å². The number of nitrogens with one attached hydrogen (secondary N) is 3. The zero-order valence-corrected chi connectivity index (χ0v) is 29.2. The number of ether oxygens (including phenoxy) is 2. The summed E-state index contributed by atoms with van der Waals surface area (Å²) in [5.74, 6) is -0.354. The van der Waals surface area contributed by atoms with Crippen molar-refractivity contribution in [2.45, 2.75) is 96.4 Å². The van der Waals surface area contributed by atoms with E-state index in [-0.39, 0.29) is 31.1 Å². The van der Waals surface area contributed by atoms with Crippen LogP contribution in [0.3, 0.4) is 0 Å². The first-order valence-electron chi connectivity index (χ1n) is 17.0. The number of piperidine rings is 1. The Balaban J connectivity index is 1.48. The molecule has 0 bridgehead atoms. The predicted molar refractivity (Wildman–Crippen MR) is 188 cm³/mol. The van der Waals surface area contributed by atoms with E-state index in [9.17, 15) is 19.5 Å². The highest BCUT2D eigenvalue weighted by Gasteiger charge is 2.38. The second-order valence-corrected chi connectivity index (χ2v) is 14.0. The van der Waals surface area contributed by atoms with Crippen LogP contribution in [0.2, 0.25) is 0 Å². The first-order chi connectivity index (χ1) is 23.4. The number of hydrogen-bond acceptors (Lipinski definition) is 8. The maximum Gasteiger partial charge on any atom is 0.408 e. The average Bonchev–Trinajstić information content (AvgIpc) is 3.07. The molecular weight excluding hydrogens is 622 g/mol. The van der Waals surface area contributed by atoms with E-state index < -0.39 is 41.8 Å². The van der Waals surface area contributed by atoms with Crippen LogP contribution >= 0.6 is 0 Å². The number of aromatic nitrogens is 1. The number of nitrogens with zero attached hydrogens (tertiary/aromatic N) is 2. The number of rotatable bonds is 14. The molecule has 0 saturated carbocycles. The molecule has 2 heterocycles. The number of carbonyl (C=O) groups is 3. The molecule has 3 aromatic rings. The molecule has 4 rings (SSSR count). The molecule has 0 unspecified atom stereocenters. The third-order valence-electron chi connectivity index (χ3n) is 8.34. The molecule has 0 spiro atoms. The fourth-order valence-electron chi connectivity index (χ4n) is 5.84. The Kier molecular flexibility index (Phi) is 13.6. The summed E-state index contributed by atoms with van der Waals surface area (Å²) in [4.78, 5) is 46.3. The monoisotopic (exact) mass is 673 g/mol. The zero-order chi connectivity index (χ0) is 35.4. The second kappa shape index (κ2) is 17.8. The van der Waals surface area contributed by atoms with Crippen molar-refractivity contribution in [2.24, 2.45) is 5.92 Å². The summed E-state index contributed by atoms with van der Waals surface area (Å²) in [6.45, 7) is 10.1. The van der Waals surface area contributed by atoms with Gasteiger partial charge in [0.25, 0.3) is 0 Å². The van der Waals surface area contributed by atoms with Gasteiger partial charge in [0.2, 0.25) is 17.7 Å². The summed E-state index contributed by atoms with van der Waals surface area (Å²) < 4.78 is 11.5. The van der Waals surface area contributed by atoms with Crippen molar-refractivity contribution in [2.75, 3.05) is 13.1 Å². The van der Waals surface area contributed by atoms with E-state index in [0.29, 0.717) is 31.7 Å². The highest BCUT2D eigenvalue weighted by molar-refractivity contribution is 5.86. The van der Waals surface area contributed by atoms with Gasteiger partial charge in [-0.25, -0.2) is 9.78 Å². The van der Waals surface area contributed by atoms with E-state index in [1.807, 2.05) is 112 Å². The maximum atomic E-state index is 13.7. The third-order valence-corrected chi connectivity index (χ3v) is 8.34. The quantitative estimate of drug-likeness (QED) is 0.199. The van der Waals surface area contributed by atoms with Crippen molar-refractivity contribution in [3.63, 3.8) is 0 Å². The van der Waals surface area contributed by atoms with E-state index in [4.69, 9.17) is 9.47 Å². The minimum Gasteiger partial charge on any atom is -0.474 e. The Bertz CT molecular complexity index is 1470. The van der Waals surface area contributed by atoms with Crippen LogP contribution in [-0.2, 0) is 27.4 Å². The Morgan fingerprint density at radius 2 is 1.59 bits per heavy atom. The molecule has 1 saturated heterocycles. The van der Waals surface area contributed by atoms with E-state index >= 15 is 0 Å². The second-order valence-electron chi connectivity index (χ2n) is 14.0. The van der Waals surface area contributed by atoms with E-state index in [1.165, 1.54) is 0 Å².